The minimum atomic E-state index is -0.0156. The van der Waals surface area contributed by atoms with Crippen molar-refractivity contribution in [2.75, 3.05) is 6.67 Å². The second-order valence-corrected chi connectivity index (χ2v) is 6.31. The highest BCUT2D eigenvalue weighted by atomic mass is 79.9. The summed E-state index contributed by atoms with van der Waals surface area (Å²) in [6.07, 6.45) is 0. The van der Waals surface area contributed by atoms with Crippen LogP contribution in [0.4, 0.5) is 0 Å². The quantitative estimate of drug-likeness (QED) is 0.401. The van der Waals surface area contributed by atoms with E-state index in [2.05, 4.69) is 26.6 Å². The second-order valence-electron chi connectivity index (χ2n) is 2.24. The molecule has 0 aliphatic carbocycles. The summed E-state index contributed by atoms with van der Waals surface area (Å²) >= 11 is 9.52. The number of nitrogens with one attached hydrogen (secondary N) is 2. The van der Waals surface area contributed by atoms with Gasteiger partial charge in [-0.05, 0) is 26.7 Å². The molecule has 0 aromatic heterocycles. The first-order valence-electron chi connectivity index (χ1n) is 3.13. The van der Waals surface area contributed by atoms with Crippen molar-refractivity contribution in [3.05, 3.63) is 9.39 Å². The van der Waals surface area contributed by atoms with Gasteiger partial charge in [0.25, 0.3) is 0 Å². The number of fused-ring (bicyclic) bond motifs is 1. The van der Waals surface area contributed by atoms with Crippen molar-refractivity contribution >= 4 is 49.1 Å². The minimum Gasteiger partial charge on any atom is -0.288 e. The molecule has 0 radical (unpaired) electrons. The van der Waals surface area contributed by atoms with Crippen molar-refractivity contribution in [2.24, 2.45) is 0 Å². The molecule has 2 unspecified atom stereocenters. The molecular weight excluding hydrogens is 268 g/mol. The summed E-state index contributed by atoms with van der Waals surface area (Å²) in [4.78, 5) is 0. The molecule has 0 amide bonds. The summed E-state index contributed by atoms with van der Waals surface area (Å²) in [6, 6.07) is 0. The first-order valence-corrected chi connectivity index (χ1v) is 6.57. The summed E-state index contributed by atoms with van der Waals surface area (Å²) in [5.41, 5.74) is 1.21. The average Bonchev–Trinajstić information content (AvgIpc) is 2.34. The van der Waals surface area contributed by atoms with E-state index < -0.39 is 0 Å². The van der Waals surface area contributed by atoms with Gasteiger partial charge < -0.3 is 0 Å². The van der Waals surface area contributed by atoms with Gasteiger partial charge in [-0.15, -0.1) is 11.6 Å². The van der Waals surface area contributed by atoms with Gasteiger partial charge in [0.05, 0.1) is 9.19 Å². The third-order valence-corrected chi connectivity index (χ3v) is 6.00. The van der Waals surface area contributed by atoms with Crippen molar-refractivity contribution in [1.82, 2.24) is 10.6 Å². The molecule has 0 saturated carbocycles. The van der Waals surface area contributed by atoms with Gasteiger partial charge in [0.2, 0.25) is 0 Å². The molecule has 2 aliphatic rings. The van der Waals surface area contributed by atoms with E-state index in [0.717, 1.165) is 10.5 Å². The van der Waals surface area contributed by atoms with Crippen molar-refractivity contribution in [3.63, 3.8) is 0 Å². The van der Waals surface area contributed by atoms with E-state index in [9.17, 15) is 0 Å². The lowest BCUT2D eigenvalue weighted by atomic mass is 10.2. The van der Waals surface area contributed by atoms with Crippen molar-refractivity contribution < 1.29 is 0 Å². The normalized spacial score (nSPS) is 37.6. The Hall–Kier alpha value is 1.13. The molecule has 0 aromatic carbocycles. The van der Waals surface area contributed by atoms with Gasteiger partial charge in [0.15, 0.2) is 0 Å². The van der Waals surface area contributed by atoms with Crippen LogP contribution in [0.15, 0.2) is 9.39 Å². The fourth-order valence-electron chi connectivity index (χ4n) is 1.02. The van der Waals surface area contributed by atoms with Crippen molar-refractivity contribution in [1.29, 1.82) is 0 Å². The fraction of sp³-hybridized carbons (Fsp3) is 0.600. The monoisotopic (exact) mass is 272 g/mol. The Balaban J connectivity index is 2.24. The Labute approximate surface area is 86.4 Å². The highest BCUT2D eigenvalue weighted by Gasteiger charge is 2.33. The van der Waals surface area contributed by atoms with Gasteiger partial charge in [0, 0.05) is 12.2 Å². The maximum absolute atomic E-state index is 6.05. The Bertz CT molecular complexity index is 211. The van der Waals surface area contributed by atoms with Crippen molar-refractivity contribution in [2.45, 2.75) is 10.9 Å². The lowest BCUT2D eigenvalue weighted by Gasteiger charge is -2.26. The molecule has 1 saturated heterocycles. The van der Waals surface area contributed by atoms with Gasteiger partial charge in [-0.3, -0.25) is 10.6 Å². The molecule has 2 aliphatic heterocycles. The maximum Gasteiger partial charge on any atom is 0.109 e. The summed E-state index contributed by atoms with van der Waals surface area (Å²) in [6.45, 7) is 0.788. The van der Waals surface area contributed by atoms with Crippen LogP contribution in [0.5, 0.6) is 0 Å². The standard InChI is InChI=1S/C5H6BrClN2S2/c6-3-2-4(7)8-1-9-5(2)11-10-3/h4-5,8-9H,1H2. The Morgan fingerprint density at radius 3 is 3.09 bits per heavy atom. The lowest BCUT2D eigenvalue weighted by molar-refractivity contribution is 0.525. The topological polar surface area (TPSA) is 24.1 Å². The molecule has 0 bridgehead atoms. The first-order chi connectivity index (χ1) is 5.29. The van der Waals surface area contributed by atoms with Crippen LogP contribution in [-0.4, -0.2) is 17.5 Å². The molecule has 0 aromatic rings. The minimum absolute atomic E-state index is 0.0156. The summed E-state index contributed by atoms with van der Waals surface area (Å²) in [5.74, 6) is 0. The van der Waals surface area contributed by atoms with Gasteiger partial charge in [-0.2, -0.15) is 0 Å². The Morgan fingerprint density at radius 2 is 2.36 bits per heavy atom. The van der Waals surface area contributed by atoms with Gasteiger partial charge >= 0.3 is 0 Å². The van der Waals surface area contributed by atoms with Crippen LogP contribution in [0, 0.1) is 0 Å². The summed E-state index contributed by atoms with van der Waals surface area (Å²) in [5, 5.41) is 6.81. The number of hydrogen-bond donors (Lipinski definition) is 2. The molecule has 11 heavy (non-hydrogen) atoms. The Morgan fingerprint density at radius 1 is 1.55 bits per heavy atom. The van der Waals surface area contributed by atoms with Gasteiger partial charge in [0.1, 0.15) is 5.50 Å². The average molecular weight is 274 g/mol. The van der Waals surface area contributed by atoms with E-state index in [4.69, 9.17) is 11.6 Å². The molecule has 0 spiro atoms. The van der Waals surface area contributed by atoms with E-state index in [1.807, 2.05) is 0 Å². The second kappa shape index (κ2) is 3.47. The predicted octanol–water partition coefficient (Wildman–Crippen LogP) is 2.03. The number of rotatable bonds is 0. The van der Waals surface area contributed by atoms with Crippen LogP contribution in [0.2, 0.25) is 0 Å². The molecule has 2 rings (SSSR count). The fourth-order valence-corrected chi connectivity index (χ4v) is 5.34. The third kappa shape index (κ3) is 1.59. The van der Waals surface area contributed by atoms with Crippen LogP contribution in [0.1, 0.15) is 0 Å². The largest absolute Gasteiger partial charge is 0.288 e. The third-order valence-electron chi connectivity index (χ3n) is 1.57. The van der Waals surface area contributed by atoms with Crippen LogP contribution in [-0.2, 0) is 0 Å². The zero-order valence-electron chi connectivity index (χ0n) is 5.43. The van der Waals surface area contributed by atoms with E-state index in [-0.39, 0.29) is 5.50 Å². The highest BCUT2D eigenvalue weighted by Crippen LogP contribution is 2.50. The first kappa shape index (κ1) is 8.72. The van der Waals surface area contributed by atoms with Gasteiger partial charge in [-0.1, -0.05) is 10.8 Å². The van der Waals surface area contributed by atoms with Crippen LogP contribution in [0.25, 0.3) is 0 Å². The van der Waals surface area contributed by atoms with Crippen molar-refractivity contribution in [3.8, 4) is 0 Å². The molecule has 6 heteroatoms. The molecule has 2 nitrogen and oxygen atoms in total. The van der Waals surface area contributed by atoms with E-state index in [0.29, 0.717) is 5.37 Å². The SMILES string of the molecule is ClC1NCNC2SSC(Br)=C12. The molecule has 62 valence electrons. The summed E-state index contributed by atoms with van der Waals surface area (Å²) in [7, 11) is 3.53. The highest BCUT2D eigenvalue weighted by molar-refractivity contribution is 9.16. The molecular formula is C5H6BrClN2S2. The number of halogens is 2. The van der Waals surface area contributed by atoms with Gasteiger partial charge in [-0.25, -0.2) is 0 Å². The van der Waals surface area contributed by atoms with E-state index in [1.54, 1.807) is 21.6 Å². The molecule has 2 heterocycles. The van der Waals surface area contributed by atoms with Crippen LogP contribution in [0.3, 0.4) is 0 Å². The zero-order chi connectivity index (χ0) is 7.84. The predicted molar refractivity (Wildman–Crippen MR) is 55.7 cm³/mol. The Kier molecular flexibility index (Phi) is 2.75. The number of hydrogen-bond acceptors (Lipinski definition) is 4. The maximum atomic E-state index is 6.05. The molecule has 1 fully saturated rings. The van der Waals surface area contributed by atoms with E-state index in [1.165, 1.54) is 5.57 Å². The number of alkyl halides is 1. The van der Waals surface area contributed by atoms with E-state index >= 15 is 0 Å². The zero-order valence-corrected chi connectivity index (χ0v) is 9.41. The summed E-state index contributed by atoms with van der Waals surface area (Å²) < 4.78 is 1.16. The smallest absolute Gasteiger partial charge is 0.109 e. The lowest BCUT2D eigenvalue weighted by Crippen LogP contribution is -2.48. The van der Waals surface area contributed by atoms with Crippen LogP contribution >= 0.6 is 49.1 Å². The molecule has 2 atom stereocenters. The van der Waals surface area contributed by atoms with Crippen LogP contribution < -0.4 is 10.6 Å². The molecule has 2 N–H and O–H groups in total.